The smallest absolute Gasteiger partial charge is 0.261 e. The zero-order valence-corrected chi connectivity index (χ0v) is 19.4. The van der Waals surface area contributed by atoms with Crippen molar-refractivity contribution in [2.45, 2.75) is 32.2 Å². The first-order valence-electron chi connectivity index (χ1n) is 10.9. The molecule has 0 saturated carbocycles. The molecule has 1 N–H and O–H groups in total. The Kier molecular flexibility index (Phi) is 7.80. The zero-order chi connectivity index (χ0) is 22.2. The van der Waals surface area contributed by atoms with Crippen LogP contribution in [0.15, 0.2) is 66.0 Å². The molecule has 0 aliphatic heterocycles. The summed E-state index contributed by atoms with van der Waals surface area (Å²) in [5, 5.41) is 5.55. The van der Waals surface area contributed by atoms with Crippen LogP contribution in [0, 0.1) is 0 Å². The molecule has 0 saturated heterocycles. The average molecular weight is 468 g/mol. The monoisotopic (exact) mass is 467 g/mol. The number of thiophene rings is 1. The van der Waals surface area contributed by atoms with Crippen molar-refractivity contribution >= 4 is 39.9 Å². The second-order valence-electron chi connectivity index (χ2n) is 7.49. The molecule has 0 radical (unpaired) electrons. The molecule has 0 aliphatic carbocycles. The van der Waals surface area contributed by atoms with E-state index < -0.39 is 0 Å². The Morgan fingerprint density at radius 3 is 2.72 bits per heavy atom. The van der Waals surface area contributed by atoms with Crippen LogP contribution in [0.1, 0.15) is 34.8 Å². The van der Waals surface area contributed by atoms with Crippen molar-refractivity contribution in [1.82, 2.24) is 14.9 Å². The van der Waals surface area contributed by atoms with E-state index in [0.717, 1.165) is 59.7 Å². The van der Waals surface area contributed by atoms with Crippen molar-refractivity contribution in [2.75, 3.05) is 13.2 Å². The van der Waals surface area contributed by atoms with E-state index in [1.54, 1.807) is 0 Å². The molecule has 0 bridgehead atoms. The number of benzene rings is 2. The van der Waals surface area contributed by atoms with E-state index in [2.05, 4.69) is 22.0 Å². The van der Waals surface area contributed by atoms with E-state index in [4.69, 9.17) is 21.3 Å². The summed E-state index contributed by atoms with van der Waals surface area (Å²) in [6.45, 7) is 2.13. The molecule has 166 valence electrons. The minimum atomic E-state index is -0.00739. The quantitative estimate of drug-likeness (QED) is 0.276. The predicted octanol–water partition coefficient (Wildman–Crippen LogP) is 5.97. The van der Waals surface area contributed by atoms with Gasteiger partial charge >= 0.3 is 0 Å². The number of nitrogens with one attached hydrogen (secondary N) is 1. The lowest BCUT2D eigenvalue weighted by Crippen LogP contribution is -2.24. The SMILES string of the molecule is O=C(NCCCc1nc2ccccc2n1CCCCOc1ccccc1Cl)c1cccs1. The molecule has 0 unspecified atom stereocenters. The Hall–Kier alpha value is -2.83. The maximum Gasteiger partial charge on any atom is 0.261 e. The van der Waals surface area contributed by atoms with Gasteiger partial charge in [0.15, 0.2) is 0 Å². The summed E-state index contributed by atoms with van der Waals surface area (Å²) in [6, 6.07) is 19.5. The van der Waals surface area contributed by atoms with Crippen molar-refractivity contribution in [1.29, 1.82) is 0 Å². The largest absolute Gasteiger partial charge is 0.492 e. The Morgan fingerprint density at radius 2 is 1.88 bits per heavy atom. The van der Waals surface area contributed by atoms with Crippen molar-refractivity contribution in [3.8, 4) is 5.75 Å². The molecule has 5 nitrogen and oxygen atoms in total. The predicted molar refractivity (Wildman–Crippen MR) is 131 cm³/mol. The maximum atomic E-state index is 12.1. The molecular weight excluding hydrogens is 442 g/mol. The van der Waals surface area contributed by atoms with Crippen LogP contribution in [0.5, 0.6) is 5.75 Å². The van der Waals surface area contributed by atoms with Crippen LogP contribution >= 0.6 is 22.9 Å². The molecule has 4 aromatic rings. The Morgan fingerprint density at radius 1 is 1.03 bits per heavy atom. The van der Waals surface area contributed by atoms with Crippen LogP contribution in [0.3, 0.4) is 0 Å². The summed E-state index contributed by atoms with van der Waals surface area (Å²) in [7, 11) is 0. The van der Waals surface area contributed by atoms with Crippen LogP contribution in [0.25, 0.3) is 11.0 Å². The van der Waals surface area contributed by atoms with E-state index >= 15 is 0 Å². The highest BCUT2D eigenvalue weighted by molar-refractivity contribution is 7.12. The minimum Gasteiger partial charge on any atom is -0.492 e. The molecule has 0 spiro atoms. The first kappa shape index (κ1) is 22.4. The number of amides is 1. The van der Waals surface area contributed by atoms with Gasteiger partial charge in [0.05, 0.1) is 27.5 Å². The number of fused-ring (bicyclic) bond motifs is 1. The number of para-hydroxylation sites is 3. The van der Waals surface area contributed by atoms with Gasteiger partial charge in [0.1, 0.15) is 11.6 Å². The molecular formula is C25H26ClN3O2S. The number of aryl methyl sites for hydroxylation is 2. The Balaban J connectivity index is 1.30. The molecule has 2 aromatic carbocycles. The summed E-state index contributed by atoms with van der Waals surface area (Å²) in [5.41, 5.74) is 2.16. The number of halogens is 1. The Bertz CT molecular complexity index is 1160. The first-order chi connectivity index (χ1) is 15.7. The average Bonchev–Trinajstić information content (AvgIpc) is 3.46. The van der Waals surface area contributed by atoms with Gasteiger partial charge in [-0.05, 0) is 55.0 Å². The third-order valence-corrected chi connectivity index (χ3v) is 6.39. The molecule has 0 aliphatic rings. The van der Waals surface area contributed by atoms with Gasteiger partial charge in [0, 0.05) is 19.5 Å². The second-order valence-corrected chi connectivity index (χ2v) is 8.85. The number of hydrogen-bond donors (Lipinski definition) is 1. The highest BCUT2D eigenvalue weighted by Crippen LogP contribution is 2.23. The molecule has 32 heavy (non-hydrogen) atoms. The molecule has 4 rings (SSSR count). The first-order valence-corrected chi connectivity index (χ1v) is 12.1. The van der Waals surface area contributed by atoms with Crippen molar-refractivity contribution < 1.29 is 9.53 Å². The minimum absolute atomic E-state index is 0.00739. The van der Waals surface area contributed by atoms with Crippen molar-refractivity contribution in [3.63, 3.8) is 0 Å². The van der Waals surface area contributed by atoms with Gasteiger partial charge in [-0.2, -0.15) is 0 Å². The summed E-state index contributed by atoms with van der Waals surface area (Å²) in [6.07, 6.45) is 3.56. The van der Waals surface area contributed by atoms with E-state index in [9.17, 15) is 4.79 Å². The lowest BCUT2D eigenvalue weighted by atomic mass is 10.2. The van der Waals surface area contributed by atoms with Gasteiger partial charge in [-0.25, -0.2) is 4.98 Å². The van der Waals surface area contributed by atoms with E-state index in [1.165, 1.54) is 11.3 Å². The summed E-state index contributed by atoms with van der Waals surface area (Å²) in [5.74, 6) is 1.78. The van der Waals surface area contributed by atoms with Crippen molar-refractivity contribution in [3.05, 3.63) is 81.8 Å². The molecule has 2 heterocycles. The number of carbonyl (C=O) groups is 1. The lowest BCUT2D eigenvalue weighted by molar-refractivity contribution is 0.0957. The molecule has 2 aromatic heterocycles. The topological polar surface area (TPSA) is 56.2 Å². The summed E-state index contributed by atoms with van der Waals surface area (Å²) < 4.78 is 8.11. The van der Waals surface area contributed by atoms with Gasteiger partial charge in [-0.15, -0.1) is 11.3 Å². The number of ether oxygens (including phenoxy) is 1. The van der Waals surface area contributed by atoms with Crippen LogP contribution in [-0.2, 0) is 13.0 Å². The fraction of sp³-hybridized carbons (Fsp3) is 0.280. The fourth-order valence-corrected chi connectivity index (χ4v) is 4.46. The summed E-state index contributed by atoms with van der Waals surface area (Å²) >= 11 is 7.61. The molecule has 0 fully saturated rings. The third kappa shape index (κ3) is 5.69. The Labute approximate surface area is 197 Å². The second kappa shape index (κ2) is 11.2. The molecule has 1 amide bonds. The number of nitrogens with zero attached hydrogens (tertiary/aromatic N) is 2. The van der Waals surface area contributed by atoms with Gasteiger partial charge < -0.3 is 14.6 Å². The standard InChI is InChI=1S/C25H26ClN3O2S/c26-19-9-1-4-12-22(19)31-17-6-5-16-29-21-11-3-2-10-20(21)28-24(29)14-7-15-27-25(30)23-13-8-18-32-23/h1-4,8-13,18H,5-7,14-17H2,(H,27,30). The number of imidazole rings is 1. The van der Waals surface area contributed by atoms with Crippen LogP contribution in [0.4, 0.5) is 0 Å². The number of unbranched alkanes of at least 4 members (excludes halogenated alkanes) is 1. The maximum absolute atomic E-state index is 12.1. The molecule has 7 heteroatoms. The highest BCUT2D eigenvalue weighted by Gasteiger charge is 2.11. The fourth-order valence-electron chi connectivity index (χ4n) is 3.62. The molecule has 0 atom stereocenters. The van der Waals surface area contributed by atoms with Crippen LogP contribution in [0.2, 0.25) is 5.02 Å². The summed E-state index contributed by atoms with van der Waals surface area (Å²) in [4.78, 5) is 17.7. The lowest BCUT2D eigenvalue weighted by Gasteiger charge is -2.11. The third-order valence-electron chi connectivity index (χ3n) is 5.21. The van der Waals surface area contributed by atoms with Crippen molar-refractivity contribution in [2.24, 2.45) is 0 Å². The van der Waals surface area contributed by atoms with Gasteiger partial charge in [0.2, 0.25) is 0 Å². The van der Waals surface area contributed by atoms with Gasteiger partial charge in [-0.3, -0.25) is 4.79 Å². The number of rotatable bonds is 11. The number of aromatic nitrogens is 2. The van der Waals surface area contributed by atoms with Crippen LogP contribution in [-0.4, -0.2) is 28.6 Å². The van der Waals surface area contributed by atoms with Crippen LogP contribution < -0.4 is 10.1 Å². The van der Waals surface area contributed by atoms with E-state index in [1.807, 2.05) is 53.9 Å². The normalized spacial score (nSPS) is 11.0. The highest BCUT2D eigenvalue weighted by atomic mass is 35.5. The van der Waals surface area contributed by atoms with Gasteiger partial charge in [-0.1, -0.05) is 41.9 Å². The van der Waals surface area contributed by atoms with Gasteiger partial charge in [0.25, 0.3) is 5.91 Å². The van der Waals surface area contributed by atoms with E-state index in [0.29, 0.717) is 18.2 Å². The zero-order valence-electron chi connectivity index (χ0n) is 17.8. The number of carbonyl (C=O) groups excluding carboxylic acids is 1. The number of hydrogen-bond acceptors (Lipinski definition) is 4. The van der Waals surface area contributed by atoms with E-state index in [-0.39, 0.29) is 5.91 Å².